The summed E-state index contributed by atoms with van der Waals surface area (Å²) in [5, 5.41) is 8.36. The first-order valence-corrected chi connectivity index (χ1v) is 4.46. The van der Waals surface area contributed by atoms with E-state index in [0.29, 0.717) is 5.75 Å². The molecule has 0 fully saturated rings. The number of hydrogen-bond donors (Lipinski definition) is 1. The number of carboxylic acids is 1. The van der Waals surface area contributed by atoms with E-state index in [2.05, 4.69) is 4.52 Å². The fourth-order valence-electron chi connectivity index (χ4n) is 0.850. The fraction of sp³-hybridized carbons (Fsp3) is 0. The van der Waals surface area contributed by atoms with Crippen LogP contribution in [0.2, 0.25) is 0 Å². The summed E-state index contributed by atoms with van der Waals surface area (Å²) in [5.41, 5.74) is 0.738. The van der Waals surface area contributed by atoms with Crippen LogP contribution in [0.25, 0.3) is 6.08 Å². The Kier molecular flexibility index (Phi) is 3.83. The van der Waals surface area contributed by atoms with Crippen molar-refractivity contribution in [3.8, 4) is 5.75 Å². The Balaban J connectivity index is 2.73. The smallest absolute Gasteiger partial charge is 0.395 e. The van der Waals surface area contributed by atoms with E-state index in [4.69, 9.17) is 5.11 Å². The number of benzene rings is 1. The first kappa shape index (κ1) is 10.4. The van der Waals surface area contributed by atoms with E-state index in [1.807, 2.05) is 0 Å². The van der Waals surface area contributed by atoms with Gasteiger partial charge < -0.3 is 9.63 Å². The van der Waals surface area contributed by atoms with E-state index in [-0.39, 0.29) is 0 Å². The second-order valence-corrected chi connectivity index (χ2v) is 2.74. The van der Waals surface area contributed by atoms with Gasteiger partial charge in [0.05, 0.1) is 0 Å². The highest BCUT2D eigenvalue weighted by Crippen LogP contribution is 2.16. The van der Waals surface area contributed by atoms with Crippen molar-refractivity contribution in [1.29, 1.82) is 0 Å². The number of hydrogen-bond acceptors (Lipinski definition) is 3. The van der Waals surface area contributed by atoms with Crippen LogP contribution in [-0.4, -0.2) is 11.1 Å². The van der Waals surface area contributed by atoms with Crippen LogP contribution < -0.4 is 4.52 Å². The summed E-state index contributed by atoms with van der Waals surface area (Å²) in [4.78, 5) is 10.2. The molecule has 5 heteroatoms. The van der Waals surface area contributed by atoms with Gasteiger partial charge in [-0.2, -0.15) is 0 Å². The zero-order valence-electron chi connectivity index (χ0n) is 7.08. The van der Waals surface area contributed by atoms with Gasteiger partial charge in [0.2, 0.25) is 0 Å². The summed E-state index contributed by atoms with van der Waals surface area (Å²) in [7, 11) is -0.408. The highest BCUT2D eigenvalue weighted by Gasteiger charge is 1.93. The van der Waals surface area contributed by atoms with Crippen molar-refractivity contribution in [2.75, 3.05) is 0 Å². The highest BCUT2D eigenvalue weighted by molar-refractivity contribution is 7.17. The van der Waals surface area contributed by atoms with Crippen LogP contribution >= 0.6 is 8.69 Å². The Morgan fingerprint density at radius 3 is 2.50 bits per heavy atom. The van der Waals surface area contributed by atoms with Crippen molar-refractivity contribution in [1.82, 2.24) is 0 Å². The van der Waals surface area contributed by atoms with Crippen molar-refractivity contribution >= 4 is 20.7 Å². The molecule has 0 unspecified atom stereocenters. The Morgan fingerprint density at radius 2 is 2.00 bits per heavy atom. The van der Waals surface area contributed by atoms with Crippen LogP contribution in [0.15, 0.2) is 30.3 Å². The highest BCUT2D eigenvalue weighted by atomic mass is 31.1. The Labute approximate surface area is 82.1 Å². The van der Waals surface area contributed by atoms with Gasteiger partial charge in [-0.15, -0.1) is 0 Å². The standard InChI is InChI=1S/C9H7O4P/c10-9(11)6-3-7-1-4-8(5-2-7)13-14-12/h1-6H,(H,10,11). The maximum absolute atomic E-state index is 10.2. The molecule has 0 bridgehead atoms. The van der Waals surface area contributed by atoms with Crippen LogP contribution in [0.1, 0.15) is 5.56 Å². The van der Waals surface area contributed by atoms with Crippen LogP contribution in [0.5, 0.6) is 5.75 Å². The van der Waals surface area contributed by atoms with E-state index >= 15 is 0 Å². The lowest BCUT2D eigenvalue weighted by Crippen LogP contribution is -1.85. The molecule has 0 amide bonds. The molecule has 1 aromatic carbocycles. The molecular formula is C9H7O4P. The molecule has 0 radical (unpaired) electrons. The minimum absolute atomic E-state index is 0.408. The average molecular weight is 210 g/mol. The molecule has 1 aromatic rings. The van der Waals surface area contributed by atoms with Gasteiger partial charge in [-0.25, -0.2) is 9.36 Å². The molecule has 14 heavy (non-hydrogen) atoms. The van der Waals surface area contributed by atoms with Crippen LogP contribution in [0.3, 0.4) is 0 Å². The van der Waals surface area contributed by atoms with Crippen molar-refractivity contribution in [2.24, 2.45) is 0 Å². The van der Waals surface area contributed by atoms with Gasteiger partial charge in [-0.05, 0) is 23.8 Å². The molecule has 0 aliphatic heterocycles. The zero-order valence-corrected chi connectivity index (χ0v) is 7.98. The van der Waals surface area contributed by atoms with Gasteiger partial charge in [0.1, 0.15) is 5.75 Å². The molecule has 0 atom stereocenters. The molecule has 0 aliphatic carbocycles. The maximum atomic E-state index is 10.2. The minimum Gasteiger partial charge on any atom is -0.478 e. The van der Waals surface area contributed by atoms with E-state index in [1.165, 1.54) is 6.08 Å². The average Bonchev–Trinajstić information content (AvgIpc) is 2.17. The van der Waals surface area contributed by atoms with Crippen molar-refractivity contribution in [3.63, 3.8) is 0 Å². The van der Waals surface area contributed by atoms with Gasteiger partial charge in [0.25, 0.3) is 0 Å². The van der Waals surface area contributed by atoms with E-state index in [0.717, 1.165) is 11.6 Å². The molecule has 1 rings (SSSR count). The van der Waals surface area contributed by atoms with Gasteiger partial charge in [-0.3, -0.25) is 0 Å². The fourth-order valence-corrected chi connectivity index (χ4v) is 1.06. The maximum Gasteiger partial charge on any atom is 0.395 e. The summed E-state index contributed by atoms with van der Waals surface area (Å²) in [6, 6.07) is 6.54. The SMILES string of the molecule is O=POc1ccc(C=CC(=O)O)cc1. The van der Waals surface area contributed by atoms with Crippen LogP contribution in [0.4, 0.5) is 0 Å². The van der Waals surface area contributed by atoms with Gasteiger partial charge in [0.15, 0.2) is 0 Å². The molecule has 1 N–H and O–H groups in total. The normalized spacial score (nSPS) is 10.6. The topological polar surface area (TPSA) is 63.6 Å². The molecular weight excluding hydrogens is 203 g/mol. The molecule has 0 saturated heterocycles. The zero-order chi connectivity index (χ0) is 10.4. The van der Waals surface area contributed by atoms with Crippen LogP contribution in [0, 0.1) is 0 Å². The van der Waals surface area contributed by atoms with Crippen LogP contribution in [-0.2, 0) is 9.36 Å². The van der Waals surface area contributed by atoms with E-state index < -0.39 is 14.7 Å². The van der Waals surface area contributed by atoms with Crippen molar-refractivity contribution in [3.05, 3.63) is 35.9 Å². The predicted octanol–water partition coefficient (Wildman–Crippen LogP) is 2.37. The van der Waals surface area contributed by atoms with Crippen molar-refractivity contribution < 1.29 is 19.0 Å². The lowest BCUT2D eigenvalue weighted by molar-refractivity contribution is -0.131. The third-order valence-electron chi connectivity index (χ3n) is 1.44. The number of carbonyl (C=O) groups is 1. The third-order valence-corrected chi connectivity index (χ3v) is 1.73. The third kappa shape index (κ3) is 3.37. The molecule has 0 saturated carbocycles. The Bertz CT molecular complexity index is 356. The van der Waals surface area contributed by atoms with Crippen molar-refractivity contribution in [2.45, 2.75) is 0 Å². The Hall–Kier alpha value is -1.67. The first-order chi connectivity index (χ1) is 6.72. The summed E-state index contributed by atoms with van der Waals surface area (Å²) in [6.07, 6.45) is 2.50. The van der Waals surface area contributed by atoms with E-state index in [1.54, 1.807) is 24.3 Å². The Morgan fingerprint density at radius 1 is 1.36 bits per heavy atom. The molecule has 72 valence electrons. The number of carboxylic acid groups (broad SMARTS) is 1. The lowest BCUT2D eigenvalue weighted by Gasteiger charge is -1.96. The quantitative estimate of drug-likeness (QED) is 0.612. The minimum atomic E-state index is -0.997. The molecule has 0 heterocycles. The van der Waals surface area contributed by atoms with Gasteiger partial charge >= 0.3 is 14.7 Å². The molecule has 0 spiro atoms. The lowest BCUT2D eigenvalue weighted by atomic mass is 10.2. The van der Waals surface area contributed by atoms with Gasteiger partial charge in [0, 0.05) is 6.08 Å². The largest absolute Gasteiger partial charge is 0.478 e. The predicted molar refractivity (Wildman–Crippen MR) is 51.3 cm³/mol. The summed E-state index contributed by atoms with van der Waals surface area (Å²) in [6.45, 7) is 0. The second kappa shape index (κ2) is 5.14. The summed E-state index contributed by atoms with van der Waals surface area (Å²) >= 11 is 0. The number of aliphatic carboxylic acids is 1. The summed E-state index contributed by atoms with van der Waals surface area (Å²) < 4.78 is 14.7. The second-order valence-electron chi connectivity index (χ2n) is 2.41. The summed E-state index contributed by atoms with van der Waals surface area (Å²) in [5.74, 6) is -0.530. The monoisotopic (exact) mass is 210 g/mol. The van der Waals surface area contributed by atoms with E-state index in [9.17, 15) is 9.36 Å². The number of rotatable bonds is 4. The molecule has 4 nitrogen and oxygen atoms in total. The molecule has 0 aliphatic rings. The first-order valence-electron chi connectivity index (χ1n) is 3.73. The molecule has 0 aromatic heterocycles. The van der Waals surface area contributed by atoms with Gasteiger partial charge in [-0.1, -0.05) is 12.1 Å².